The summed E-state index contributed by atoms with van der Waals surface area (Å²) in [7, 11) is 1.41. The molecule has 104 valence electrons. The summed E-state index contributed by atoms with van der Waals surface area (Å²) in [5.74, 6) is -2.60. The SMILES string of the molecule is COc1ccc(CC(=O)O)cc1-c1cccc(F)c1F. The molecule has 0 radical (unpaired) electrons. The molecule has 2 rings (SSSR count). The number of aliphatic carboxylic acids is 1. The third kappa shape index (κ3) is 2.77. The molecule has 20 heavy (non-hydrogen) atoms. The lowest BCUT2D eigenvalue weighted by Gasteiger charge is -2.11. The van der Waals surface area contributed by atoms with E-state index < -0.39 is 17.6 Å². The van der Waals surface area contributed by atoms with E-state index in [2.05, 4.69) is 0 Å². The second kappa shape index (κ2) is 5.69. The zero-order valence-corrected chi connectivity index (χ0v) is 10.7. The molecule has 0 aliphatic carbocycles. The maximum atomic E-state index is 13.9. The summed E-state index contributed by atoms with van der Waals surface area (Å²) in [4.78, 5) is 10.7. The van der Waals surface area contributed by atoms with E-state index in [-0.39, 0.29) is 12.0 Å². The first kappa shape index (κ1) is 14.0. The Bertz CT molecular complexity index is 654. The van der Waals surface area contributed by atoms with E-state index >= 15 is 0 Å². The number of carboxylic acid groups (broad SMARTS) is 1. The average molecular weight is 278 g/mol. The molecule has 0 aromatic heterocycles. The largest absolute Gasteiger partial charge is 0.496 e. The van der Waals surface area contributed by atoms with Gasteiger partial charge in [-0.25, -0.2) is 8.78 Å². The highest BCUT2D eigenvalue weighted by atomic mass is 19.2. The molecule has 2 aromatic rings. The predicted octanol–water partition coefficient (Wildman–Crippen LogP) is 3.27. The summed E-state index contributed by atoms with van der Waals surface area (Å²) in [5.41, 5.74) is 0.842. The monoisotopic (exact) mass is 278 g/mol. The van der Waals surface area contributed by atoms with Crippen molar-refractivity contribution in [1.82, 2.24) is 0 Å². The Morgan fingerprint density at radius 3 is 2.60 bits per heavy atom. The first-order valence-corrected chi connectivity index (χ1v) is 5.86. The summed E-state index contributed by atoms with van der Waals surface area (Å²) < 4.78 is 32.3. The van der Waals surface area contributed by atoms with Gasteiger partial charge in [0.2, 0.25) is 0 Å². The summed E-state index contributed by atoms with van der Waals surface area (Å²) in [6.45, 7) is 0. The van der Waals surface area contributed by atoms with Crippen molar-refractivity contribution in [1.29, 1.82) is 0 Å². The van der Waals surface area contributed by atoms with Crippen LogP contribution in [0.4, 0.5) is 8.78 Å². The Morgan fingerprint density at radius 2 is 1.95 bits per heavy atom. The van der Waals surface area contributed by atoms with Gasteiger partial charge in [-0.3, -0.25) is 4.79 Å². The molecule has 0 amide bonds. The van der Waals surface area contributed by atoms with Gasteiger partial charge in [-0.05, 0) is 23.8 Å². The Hall–Kier alpha value is -2.43. The van der Waals surface area contributed by atoms with Crippen LogP contribution in [0, 0.1) is 11.6 Å². The number of methoxy groups -OCH3 is 1. The van der Waals surface area contributed by atoms with Gasteiger partial charge < -0.3 is 9.84 Å². The zero-order valence-electron chi connectivity index (χ0n) is 10.7. The highest BCUT2D eigenvalue weighted by Gasteiger charge is 2.15. The van der Waals surface area contributed by atoms with E-state index in [9.17, 15) is 13.6 Å². The van der Waals surface area contributed by atoms with Crippen LogP contribution in [0.1, 0.15) is 5.56 Å². The van der Waals surface area contributed by atoms with Gasteiger partial charge in [0.15, 0.2) is 11.6 Å². The Balaban J connectivity index is 2.58. The maximum absolute atomic E-state index is 13.9. The fourth-order valence-electron chi connectivity index (χ4n) is 1.96. The molecule has 0 fully saturated rings. The second-order valence-electron chi connectivity index (χ2n) is 4.21. The average Bonchev–Trinajstić information content (AvgIpc) is 2.41. The highest BCUT2D eigenvalue weighted by Crippen LogP contribution is 2.33. The molecule has 0 atom stereocenters. The number of hydrogen-bond acceptors (Lipinski definition) is 2. The summed E-state index contributed by atoms with van der Waals surface area (Å²) in [6.07, 6.45) is -0.200. The smallest absolute Gasteiger partial charge is 0.307 e. The zero-order chi connectivity index (χ0) is 14.7. The van der Waals surface area contributed by atoms with E-state index in [0.29, 0.717) is 16.9 Å². The minimum absolute atomic E-state index is 0.0362. The van der Waals surface area contributed by atoms with Gasteiger partial charge in [-0.2, -0.15) is 0 Å². The lowest BCUT2D eigenvalue weighted by atomic mass is 10.00. The summed E-state index contributed by atoms with van der Waals surface area (Å²) >= 11 is 0. The van der Waals surface area contributed by atoms with Crippen LogP contribution in [-0.4, -0.2) is 18.2 Å². The Morgan fingerprint density at radius 1 is 1.20 bits per heavy atom. The molecule has 0 aliphatic heterocycles. The second-order valence-corrected chi connectivity index (χ2v) is 4.21. The lowest BCUT2D eigenvalue weighted by Crippen LogP contribution is -2.01. The number of carboxylic acids is 1. The van der Waals surface area contributed by atoms with Crippen molar-refractivity contribution in [2.45, 2.75) is 6.42 Å². The summed E-state index contributed by atoms with van der Waals surface area (Å²) in [5, 5.41) is 8.79. The molecule has 0 bridgehead atoms. The van der Waals surface area contributed by atoms with Crippen LogP contribution in [0.25, 0.3) is 11.1 Å². The topological polar surface area (TPSA) is 46.5 Å². The van der Waals surface area contributed by atoms with E-state index in [1.165, 1.54) is 31.4 Å². The Kier molecular flexibility index (Phi) is 3.98. The van der Waals surface area contributed by atoms with Crippen molar-refractivity contribution in [2.75, 3.05) is 7.11 Å². The first-order chi connectivity index (χ1) is 9.52. The molecule has 0 unspecified atom stereocenters. The van der Waals surface area contributed by atoms with Crippen molar-refractivity contribution in [3.05, 3.63) is 53.6 Å². The molecular weight excluding hydrogens is 266 g/mol. The molecular formula is C15H12F2O3. The van der Waals surface area contributed by atoms with E-state index in [0.717, 1.165) is 6.07 Å². The van der Waals surface area contributed by atoms with Crippen molar-refractivity contribution >= 4 is 5.97 Å². The van der Waals surface area contributed by atoms with Crippen molar-refractivity contribution in [3.8, 4) is 16.9 Å². The maximum Gasteiger partial charge on any atom is 0.307 e. The van der Waals surface area contributed by atoms with Crippen LogP contribution in [-0.2, 0) is 11.2 Å². The van der Waals surface area contributed by atoms with Crippen molar-refractivity contribution < 1.29 is 23.4 Å². The molecule has 0 aliphatic rings. The first-order valence-electron chi connectivity index (χ1n) is 5.86. The van der Waals surface area contributed by atoms with Crippen molar-refractivity contribution in [3.63, 3.8) is 0 Å². The standard InChI is InChI=1S/C15H12F2O3/c1-20-13-6-5-9(8-14(18)19)7-11(13)10-3-2-4-12(16)15(10)17/h2-7H,8H2,1H3,(H,18,19). The number of rotatable bonds is 4. The lowest BCUT2D eigenvalue weighted by molar-refractivity contribution is -0.136. The third-order valence-electron chi connectivity index (χ3n) is 2.86. The van der Waals surface area contributed by atoms with Gasteiger partial charge >= 0.3 is 5.97 Å². The van der Waals surface area contributed by atoms with Gasteiger partial charge in [-0.1, -0.05) is 18.2 Å². The van der Waals surface area contributed by atoms with Gasteiger partial charge in [0.1, 0.15) is 5.75 Å². The molecule has 0 spiro atoms. The fourth-order valence-corrected chi connectivity index (χ4v) is 1.96. The van der Waals surface area contributed by atoms with Crippen LogP contribution in [0.15, 0.2) is 36.4 Å². The van der Waals surface area contributed by atoms with E-state index in [4.69, 9.17) is 9.84 Å². The quantitative estimate of drug-likeness (QED) is 0.933. The van der Waals surface area contributed by atoms with E-state index in [1.807, 2.05) is 0 Å². The molecule has 0 saturated carbocycles. The minimum atomic E-state index is -0.999. The number of halogens is 2. The predicted molar refractivity (Wildman–Crippen MR) is 69.7 cm³/mol. The van der Waals surface area contributed by atoms with Gasteiger partial charge in [0, 0.05) is 11.1 Å². The molecule has 0 saturated heterocycles. The molecule has 0 heterocycles. The van der Waals surface area contributed by atoms with Crippen LogP contribution >= 0.6 is 0 Å². The minimum Gasteiger partial charge on any atom is -0.496 e. The Labute approximate surface area is 114 Å². The van der Waals surface area contributed by atoms with E-state index in [1.54, 1.807) is 6.07 Å². The van der Waals surface area contributed by atoms with Crippen LogP contribution < -0.4 is 4.74 Å². The number of carbonyl (C=O) groups is 1. The number of hydrogen-bond donors (Lipinski definition) is 1. The van der Waals surface area contributed by atoms with Crippen LogP contribution in [0.5, 0.6) is 5.75 Å². The number of ether oxygens (including phenoxy) is 1. The van der Waals surface area contributed by atoms with Crippen LogP contribution in [0.3, 0.4) is 0 Å². The third-order valence-corrected chi connectivity index (χ3v) is 2.86. The van der Waals surface area contributed by atoms with Gasteiger partial charge in [-0.15, -0.1) is 0 Å². The summed E-state index contributed by atoms with van der Waals surface area (Å²) in [6, 6.07) is 8.43. The van der Waals surface area contributed by atoms with Gasteiger partial charge in [0.25, 0.3) is 0 Å². The molecule has 1 N–H and O–H groups in total. The molecule has 2 aromatic carbocycles. The van der Waals surface area contributed by atoms with Gasteiger partial charge in [0.05, 0.1) is 13.5 Å². The molecule has 3 nitrogen and oxygen atoms in total. The van der Waals surface area contributed by atoms with Crippen molar-refractivity contribution in [2.24, 2.45) is 0 Å². The molecule has 5 heteroatoms. The number of benzene rings is 2. The van der Waals surface area contributed by atoms with Crippen LogP contribution in [0.2, 0.25) is 0 Å². The normalized spacial score (nSPS) is 10.3. The highest BCUT2D eigenvalue weighted by molar-refractivity contribution is 5.75. The fraction of sp³-hybridized carbons (Fsp3) is 0.133.